The van der Waals surface area contributed by atoms with Crippen LogP contribution in [0.15, 0.2) is 94.9 Å². The molecule has 0 saturated heterocycles. The molecule has 0 aliphatic rings. The number of rotatable bonds is 9. The molecule has 8 nitrogen and oxygen atoms in total. The molecule has 0 bridgehead atoms. The Morgan fingerprint density at radius 2 is 1.50 bits per heavy atom. The molecule has 32 heavy (non-hydrogen) atoms. The number of benzene rings is 3. The van der Waals surface area contributed by atoms with Gasteiger partial charge in [0.15, 0.2) is 0 Å². The largest absolute Gasteiger partial charge is 0.478 e. The van der Waals surface area contributed by atoms with Gasteiger partial charge >= 0.3 is 5.97 Å². The van der Waals surface area contributed by atoms with E-state index in [1.807, 2.05) is 6.07 Å². The second-order valence-electron chi connectivity index (χ2n) is 6.79. The number of carboxylic acids is 1. The van der Waals surface area contributed by atoms with E-state index >= 15 is 0 Å². The molecule has 9 heteroatoms. The molecule has 2 N–H and O–H groups in total. The first-order valence-corrected chi connectivity index (χ1v) is 11.0. The van der Waals surface area contributed by atoms with Gasteiger partial charge in [0.25, 0.3) is 5.91 Å². The Labute approximate surface area is 185 Å². The average molecular weight is 452 g/mol. The third kappa shape index (κ3) is 6.10. The fourth-order valence-electron chi connectivity index (χ4n) is 2.84. The van der Waals surface area contributed by atoms with Crippen LogP contribution in [0.3, 0.4) is 0 Å². The smallest absolute Gasteiger partial charge is 0.335 e. The molecule has 0 atom stereocenters. The van der Waals surface area contributed by atoms with Crippen LogP contribution in [0.5, 0.6) is 0 Å². The lowest BCUT2D eigenvalue weighted by Gasteiger charge is -2.21. The number of hydrogen-bond acceptors (Lipinski definition) is 5. The summed E-state index contributed by atoms with van der Waals surface area (Å²) in [6.45, 7) is -0.409. The van der Waals surface area contributed by atoms with E-state index in [4.69, 9.17) is 5.11 Å². The van der Waals surface area contributed by atoms with Crippen molar-refractivity contribution in [3.05, 3.63) is 102 Å². The molecule has 0 aliphatic heterocycles. The van der Waals surface area contributed by atoms with E-state index in [1.54, 1.807) is 54.6 Å². The van der Waals surface area contributed by atoms with Gasteiger partial charge in [0.05, 0.1) is 23.2 Å². The second-order valence-corrected chi connectivity index (χ2v) is 8.73. The van der Waals surface area contributed by atoms with Crippen LogP contribution in [0.25, 0.3) is 0 Å². The van der Waals surface area contributed by atoms with Crippen LogP contribution in [0.1, 0.15) is 21.5 Å². The van der Waals surface area contributed by atoms with Gasteiger partial charge in [0.1, 0.15) is 0 Å². The molecule has 0 spiro atoms. The number of carbonyl (C=O) groups excluding carboxylic acids is 1. The molecule has 3 aromatic carbocycles. The third-order valence-electron chi connectivity index (χ3n) is 4.46. The summed E-state index contributed by atoms with van der Waals surface area (Å²) in [7, 11) is -3.92. The molecule has 0 radical (unpaired) electrons. The zero-order valence-electron chi connectivity index (χ0n) is 17.0. The van der Waals surface area contributed by atoms with Crippen molar-refractivity contribution in [2.45, 2.75) is 11.4 Å². The zero-order valence-corrected chi connectivity index (χ0v) is 17.8. The van der Waals surface area contributed by atoms with Crippen LogP contribution < -0.4 is 5.43 Å². The van der Waals surface area contributed by atoms with E-state index in [1.165, 1.54) is 30.5 Å². The van der Waals surface area contributed by atoms with Crippen molar-refractivity contribution in [2.24, 2.45) is 5.10 Å². The number of carbonyl (C=O) groups is 2. The van der Waals surface area contributed by atoms with Crippen molar-refractivity contribution in [1.29, 1.82) is 0 Å². The molecule has 0 unspecified atom stereocenters. The highest BCUT2D eigenvalue weighted by molar-refractivity contribution is 7.89. The standard InChI is InChI=1S/C23H21N3O5S/c27-22(25-24-15-18-11-13-20(14-12-18)23(28)29)17-26(16-19-7-3-1-4-8-19)32(30,31)21-9-5-2-6-10-21/h1-15H,16-17H2,(H,25,27)(H,28,29)/b24-15+. The minimum Gasteiger partial charge on any atom is -0.478 e. The van der Waals surface area contributed by atoms with Crippen molar-refractivity contribution < 1.29 is 23.1 Å². The highest BCUT2D eigenvalue weighted by Crippen LogP contribution is 2.18. The quantitative estimate of drug-likeness (QED) is 0.383. The number of hydrogen-bond donors (Lipinski definition) is 2. The Hall–Kier alpha value is -3.82. The summed E-state index contributed by atoms with van der Waals surface area (Å²) in [5.41, 5.74) is 3.76. The van der Waals surface area contributed by atoms with Gasteiger partial charge < -0.3 is 5.11 Å². The number of nitrogens with zero attached hydrogens (tertiary/aromatic N) is 2. The van der Waals surface area contributed by atoms with Crippen molar-refractivity contribution >= 4 is 28.1 Å². The minimum atomic E-state index is -3.92. The molecule has 0 saturated carbocycles. The number of sulfonamides is 1. The highest BCUT2D eigenvalue weighted by atomic mass is 32.2. The molecule has 0 heterocycles. The normalized spacial score (nSPS) is 11.5. The summed E-state index contributed by atoms with van der Waals surface area (Å²) in [6, 6.07) is 22.8. The molecule has 1 amide bonds. The van der Waals surface area contributed by atoms with Crippen LogP contribution in [-0.2, 0) is 21.4 Å². The maximum absolute atomic E-state index is 13.1. The lowest BCUT2D eigenvalue weighted by atomic mass is 10.1. The summed E-state index contributed by atoms with van der Waals surface area (Å²) in [5, 5.41) is 12.8. The molecular formula is C23H21N3O5S. The van der Waals surface area contributed by atoms with Crippen molar-refractivity contribution in [1.82, 2.24) is 9.73 Å². The number of nitrogens with one attached hydrogen (secondary N) is 1. The molecular weight excluding hydrogens is 430 g/mol. The molecule has 3 rings (SSSR count). The topological polar surface area (TPSA) is 116 Å². The Kier molecular flexibility index (Phi) is 7.48. The van der Waals surface area contributed by atoms with Gasteiger partial charge in [-0.1, -0.05) is 60.7 Å². The third-order valence-corrected chi connectivity index (χ3v) is 6.27. The monoisotopic (exact) mass is 451 g/mol. The van der Waals surface area contributed by atoms with E-state index < -0.39 is 28.4 Å². The summed E-state index contributed by atoms with van der Waals surface area (Å²) in [5.74, 6) is -1.65. The number of aromatic carboxylic acids is 1. The van der Waals surface area contributed by atoms with Gasteiger partial charge in [-0.15, -0.1) is 0 Å². The van der Waals surface area contributed by atoms with Crippen LogP contribution in [-0.4, -0.2) is 42.5 Å². The van der Waals surface area contributed by atoms with Gasteiger partial charge in [-0.25, -0.2) is 18.6 Å². The average Bonchev–Trinajstić information content (AvgIpc) is 2.80. The maximum atomic E-state index is 13.1. The van der Waals surface area contributed by atoms with Gasteiger partial charge in [-0.2, -0.15) is 9.41 Å². The fourth-order valence-corrected chi connectivity index (χ4v) is 4.25. The molecule has 3 aromatic rings. The lowest BCUT2D eigenvalue weighted by molar-refractivity contribution is -0.121. The SMILES string of the molecule is O=C(CN(Cc1ccccc1)S(=O)(=O)c1ccccc1)N/N=C/c1ccc(C(=O)O)cc1. The van der Waals surface area contributed by atoms with E-state index in [9.17, 15) is 18.0 Å². The Morgan fingerprint density at radius 3 is 2.09 bits per heavy atom. The fraction of sp³-hybridized carbons (Fsp3) is 0.0870. The highest BCUT2D eigenvalue weighted by Gasteiger charge is 2.26. The minimum absolute atomic E-state index is 0.0197. The van der Waals surface area contributed by atoms with Crippen molar-refractivity contribution in [3.63, 3.8) is 0 Å². The van der Waals surface area contributed by atoms with Crippen LogP contribution in [0, 0.1) is 0 Å². The van der Waals surface area contributed by atoms with Gasteiger partial charge in [-0.05, 0) is 35.4 Å². The Balaban J connectivity index is 1.72. The predicted octanol–water partition coefficient (Wildman–Crippen LogP) is 2.73. The van der Waals surface area contributed by atoms with Crippen molar-refractivity contribution in [3.8, 4) is 0 Å². The number of amides is 1. The molecule has 0 fully saturated rings. The first kappa shape index (κ1) is 22.9. The first-order valence-electron chi connectivity index (χ1n) is 9.60. The van der Waals surface area contributed by atoms with Crippen LogP contribution in [0.4, 0.5) is 0 Å². The molecule has 0 aromatic heterocycles. The van der Waals surface area contributed by atoms with E-state index in [2.05, 4.69) is 10.5 Å². The Bertz CT molecular complexity index is 1200. The Morgan fingerprint density at radius 1 is 0.906 bits per heavy atom. The summed E-state index contributed by atoms with van der Waals surface area (Å²) < 4.78 is 27.3. The van der Waals surface area contributed by atoms with E-state index in [-0.39, 0.29) is 17.0 Å². The zero-order chi connectivity index (χ0) is 23.0. The van der Waals surface area contributed by atoms with Gasteiger partial charge in [0, 0.05) is 6.54 Å². The molecule has 0 aliphatic carbocycles. The second kappa shape index (κ2) is 10.5. The van der Waals surface area contributed by atoms with E-state index in [0.29, 0.717) is 5.56 Å². The van der Waals surface area contributed by atoms with E-state index in [0.717, 1.165) is 9.87 Å². The summed E-state index contributed by atoms with van der Waals surface area (Å²) in [4.78, 5) is 23.4. The van der Waals surface area contributed by atoms with Crippen LogP contribution >= 0.6 is 0 Å². The van der Waals surface area contributed by atoms with Crippen LogP contribution in [0.2, 0.25) is 0 Å². The predicted molar refractivity (Wildman–Crippen MR) is 120 cm³/mol. The first-order chi connectivity index (χ1) is 15.4. The summed E-state index contributed by atoms with van der Waals surface area (Å²) >= 11 is 0. The van der Waals surface area contributed by atoms with Gasteiger partial charge in [0.2, 0.25) is 10.0 Å². The summed E-state index contributed by atoms with van der Waals surface area (Å²) in [6.07, 6.45) is 1.34. The van der Waals surface area contributed by atoms with Gasteiger partial charge in [-0.3, -0.25) is 4.79 Å². The number of carboxylic acid groups (broad SMARTS) is 1. The maximum Gasteiger partial charge on any atom is 0.335 e. The lowest BCUT2D eigenvalue weighted by Crippen LogP contribution is -2.39. The number of hydrazone groups is 1. The molecule has 164 valence electrons. The van der Waals surface area contributed by atoms with Crippen molar-refractivity contribution in [2.75, 3.05) is 6.54 Å².